The van der Waals surface area contributed by atoms with Crippen LogP contribution >= 0.6 is 0 Å². The van der Waals surface area contributed by atoms with Crippen LogP contribution in [0.5, 0.6) is 5.75 Å². The molecule has 2 aliphatic carbocycles. The molecule has 3 atom stereocenters. The maximum atomic E-state index is 5.19. The van der Waals surface area contributed by atoms with Crippen molar-refractivity contribution in [3.63, 3.8) is 0 Å². The van der Waals surface area contributed by atoms with E-state index in [1.54, 1.807) is 13.3 Å². The fourth-order valence-electron chi connectivity index (χ4n) is 3.88. The number of aromatic nitrogens is 3. The van der Waals surface area contributed by atoms with Crippen molar-refractivity contribution >= 4 is 5.95 Å². The lowest BCUT2D eigenvalue weighted by molar-refractivity contribution is 0.415. The standard InChI is InChI=1S/C19H22N4O/c1-24-17-6-4-14(5-7-17)18-12-21-23-19(22-18)20-9-8-16-11-13-2-3-15(16)10-13/h2-7,12-13,15-16H,8-11H2,1H3,(H,20,22,23)/t13-,15+,16-/m1/s1. The molecule has 2 bridgehead atoms. The van der Waals surface area contributed by atoms with Crippen molar-refractivity contribution < 1.29 is 4.74 Å². The average Bonchev–Trinajstić information content (AvgIpc) is 3.25. The number of hydrogen-bond acceptors (Lipinski definition) is 5. The van der Waals surface area contributed by atoms with Crippen molar-refractivity contribution in [2.24, 2.45) is 17.8 Å². The Kier molecular flexibility index (Phi) is 4.15. The molecule has 0 saturated heterocycles. The van der Waals surface area contributed by atoms with Crippen LogP contribution in [0.2, 0.25) is 0 Å². The van der Waals surface area contributed by atoms with Crippen molar-refractivity contribution in [1.29, 1.82) is 0 Å². The number of allylic oxidation sites excluding steroid dienone is 2. The highest BCUT2D eigenvalue weighted by Crippen LogP contribution is 2.44. The molecule has 1 aromatic carbocycles. The summed E-state index contributed by atoms with van der Waals surface area (Å²) in [5, 5.41) is 11.5. The van der Waals surface area contributed by atoms with Gasteiger partial charge in [0.05, 0.1) is 19.0 Å². The molecule has 5 nitrogen and oxygen atoms in total. The monoisotopic (exact) mass is 322 g/mol. The van der Waals surface area contributed by atoms with E-state index in [4.69, 9.17) is 4.74 Å². The molecule has 2 aliphatic rings. The van der Waals surface area contributed by atoms with Crippen LogP contribution in [0, 0.1) is 17.8 Å². The van der Waals surface area contributed by atoms with Crippen LogP contribution in [0.1, 0.15) is 19.3 Å². The molecule has 2 aromatic rings. The Morgan fingerprint density at radius 1 is 1.17 bits per heavy atom. The Balaban J connectivity index is 1.36. The van der Waals surface area contributed by atoms with Gasteiger partial charge in [-0.25, -0.2) is 4.98 Å². The van der Waals surface area contributed by atoms with Gasteiger partial charge in [-0.15, -0.1) is 5.10 Å². The molecule has 1 saturated carbocycles. The van der Waals surface area contributed by atoms with E-state index in [9.17, 15) is 0 Å². The van der Waals surface area contributed by atoms with Crippen LogP contribution in [0.15, 0.2) is 42.6 Å². The molecule has 1 fully saturated rings. The Bertz CT molecular complexity index is 728. The van der Waals surface area contributed by atoms with Crippen LogP contribution in [0.3, 0.4) is 0 Å². The van der Waals surface area contributed by atoms with Gasteiger partial charge in [-0.1, -0.05) is 12.2 Å². The highest BCUT2D eigenvalue weighted by Gasteiger charge is 2.34. The van der Waals surface area contributed by atoms with Crippen LogP contribution in [0.4, 0.5) is 5.95 Å². The Morgan fingerprint density at radius 2 is 2.04 bits per heavy atom. The molecule has 0 aliphatic heterocycles. The number of anilines is 1. The van der Waals surface area contributed by atoms with E-state index in [1.165, 1.54) is 19.3 Å². The number of nitrogens with one attached hydrogen (secondary N) is 1. The summed E-state index contributed by atoms with van der Waals surface area (Å²) in [6.45, 7) is 0.898. The second-order valence-electron chi connectivity index (χ2n) is 6.65. The maximum absolute atomic E-state index is 5.19. The number of benzene rings is 1. The van der Waals surface area contributed by atoms with Crippen LogP contribution < -0.4 is 10.1 Å². The van der Waals surface area contributed by atoms with E-state index in [-0.39, 0.29) is 0 Å². The third kappa shape index (κ3) is 3.11. The van der Waals surface area contributed by atoms with Gasteiger partial charge in [0.15, 0.2) is 0 Å². The summed E-state index contributed by atoms with van der Waals surface area (Å²) >= 11 is 0. The summed E-state index contributed by atoms with van der Waals surface area (Å²) in [6.07, 6.45) is 10.3. The van der Waals surface area contributed by atoms with E-state index in [1.807, 2.05) is 24.3 Å². The first-order valence-electron chi connectivity index (χ1n) is 8.58. The van der Waals surface area contributed by atoms with E-state index in [2.05, 4.69) is 32.7 Å². The van der Waals surface area contributed by atoms with Gasteiger partial charge in [0.2, 0.25) is 5.95 Å². The van der Waals surface area contributed by atoms with Gasteiger partial charge in [0.25, 0.3) is 0 Å². The van der Waals surface area contributed by atoms with E-state index in [0.717, 1.165) is 41.3 Å². The lowest BCUT2D eigenvalue weighted by Gasteiger charge is -2.17. The van der Waals surface area contributed by atoms with Crippen molar-refractivity contribution in [2.45, 2.75) is 19.3 Å². The molecular formula is C19H22N4O. The summed E-state index contributed by atoms with van der Waals surface area (Å²) < 4.78 is 5.19. The number of hydrogen-bond donors (Lipinski definition) is 1. The molecule has 0 spiro atoms. The molecule has 0 radical (unpaired) electrons. The third-order valence-electron chi connectivity index (χ3n) is 5.16. The van der Waals surface area contributed by atoms with Gasteiger partial charge in [-0.3, -0.25) is 0 Å². The highest BCUT2D eigenvalue weighted by atomic mass is 16.5. The SMILES string of the molecule is COc1ccc(-c2cnnc(NCC[C@@H]3C[C@@H]4C=C[C@H]3C4)n2)cc1. The van der Waals surface area contributed by atoms with E-state index in [0.29, 0.717) is 5.95 Å². The summed E-state index contributed by atoms with van der Waals surface area (Å²) in [5.41, 5.74) is 1.82. The van der Waals surface area contributed by atoms with Gasteiger partial charge < -0.3 is 10.1 Å². The molecule has 24 heavy (non-hydrogen) atoms. The Morgan fingerprint density at radius 3 is 2.75 bits per heavy atom. The lowest BCUT2D eigenvalue weighted by atomic mass is 9.91. The van der Waals surface area contributed by atoms with E-state index < -0.39 is 0 Å². The molecule has 1 N–H and O–H groups in total. The van der Waals surface area contributed by atoms with Gasteiger partial charge in [-0.2, -0.15) is 5.10 Å². The van der Waals surface area contributed by atoms with Crippen LogP contribution in [0.25, 0.3) is 11.3 Å². The Labute approximate surface area is 142 Å². The predicted molar refractivity (Wildman–Crippen MR) is 93.8 cm³/mol. The minimum Gasteiger partial charge on any atom is -0.497 e. The van der Waals surface area contributed by atoms with E-state index >= 15 is 0 Å². The smallest absolute Gasteiger partial charge is 0.243 e. The summed E-state index contributed by atoms with van der Waals surface area (Å²) in [6, 6.07) is 7.81. The maximum Gasteiger partial charge on any atom is 0.243 e. The zero-order chi connectivity index (χ0) is 16.4. The van der Waals surface area contributed by atoms with Gasteiger partial charge in [0, 0.05) is 12.1 Å². The fourth-order valence-corrected chi connectivity index (χ4v) is 3.88. The molecule has 5 heteroatoms. The molecule has 4 rings (SSSR count). The lowest BCUT2D eigenvalue weighted by Crippen LogP contribution is -2.14. The largest absolute Gasteiger partial charge is 0.497 e. The molecule has 0 amide bonds. The molecule has 1 heterocycles. The first-order valence-corrected chi connectivity index (χ1v) is 8.58. The third-order valence-corrected chi connectivity index (χ3v) is 5.16. The molecule has 1 aromatic heterocycles. The van der Waals surface area contributed by atoms with Gasteiger partial charge in [0.1, 0.15) is 5.75 Å². The molecule has 0 unspecified atom stereocenters. The topological polar surface area (TPSA) is 59.9 Å². The van der Waals surface area contributed by atoms with Gasteiger partial charge in [-0.05, 0) is 61.3 Å². The highest BCUT2D eigenvalue weighted by molar-refractivity contribution is 5.60. The minimum atomic E-state index is 0.599. The number of methoxy groups -OCH3 is 1. The zero-order valence-electron chi connectivity index (χ0n) is 13.9. The van der Waals surface area contributed by atoms with Crippen molar-refractivity contribution in [2.75, 3.05) is 19.0 Å². The summed E-state index contributed by atoms with van der Waals surface area (Å²) in [7, 11) is 1.66. The first-order chi connectivity index (χ1) is 11.8. The van der Waals surface area contributed by atoms with Crippen LogP contribution in [-0.4, -0.2) is 28.8 Å². The average molecular weight is 322 g/mol. The molecule has 124 valence electrons. The molecular weight excluding hydrogens is 300 g/mol. The second-order valence-corrected chi connectivity index (χ2v) is 6.65. The Hall–Kier alpha value is -2.43. The number of fused-ring (bicyclic) bond motifs is 2. The van der Waals surface area contributed by atoms with Gasteiger partial charge >= 0.3 is 0 Å². The zero-order valence-corrected chi connectivity index (χ0v) is 13.9. The second kappa shape index (κ2) is 6.59. The summed E-state index contributed by atoms with van der Waals surface area (Å²) in [4.78, 5) is 4.57. The van der Waals surface area contributed by atoms with Crippen molar-refractivity contribution in [1.82, 2.24) is 15.2 Å². The van der Waals surface area contributed by atoms with Crippen molar-refractivity contribution in [3.05, 3.63) is 42.6 Å². The first kappa shape index (κ1) is 15.1. The van der Waals surface area contributed by atoms with Crippen LogP contribution in [-0.2, 0) is 0 Å². The fraction of sp³-hybridized carbons (Fsp3) is 0.421. The number of rotatable bonds is 6. The quantitative estimate of drug-likeness (QED) is 0.824. The summed E-state index contributed by atoms with van der Waals surface area (Å²) in [5.74, 6) is 3.86. The number of nitrogens with zero attached hydrogens (tertiary/aromatic N) is 3. The normalized spacial score (nSPS) is 24.3. The van der Waals surface area contributed by atoms with Crippen molar-refractivity contribution in [3.8, 4) is 17.0 Å². The number of ether oxygens (including phenoxy) is 1. The minimum absolute atomic E-state index is 0.599. The predicted octanol–water partition coefficient (Wildman–Crippen LogP) is 3.56.